The van der Waals surface area contributed by atoms with Crippen LogP contribution in [0.3, 0.4) is 0 Å². The van der Waals surface area contributed by atoms with Crippen molar-refractivity contribution < 1.29 is 0 Å². The van der Waals surface area contributed by atoms with Crippen molar-refractivity contribution in [2.75, 3.05) is 7.05 Å². The van der Waals surface area contributed by atoms with Crippen molar-refractivity contribution in [1.29, 1.82) is 0 Å². The third-order valence-electron chi connectivity index (χ3n) is 3.51. The molecule has 0 spiro atoms. The summed E-state index contributed by atoms with van der Waals surface area (Å²) in [4.78, 5) is 4.16. The molecule has 0 fully saturated rings. The lowest BCUT2D eigenvalue weighted by Crippen LogP contribution is -2.31. The highest BCUT2D eigenvalue weighted by atomic mass is 35.5. The van der Waals surface area contributed by atoms with Crippen molar-refractivity contribution in [1.82, 2.24) is 20.1 Å². The number of aryl methyl sites for hydroxylation is 2. The van der Waals surface area contributed by atoms with Crippen molar-refractivity contribution in [3.8, 4) is 0 Å². The van der Waals surface area contributed by atoms with Gasteiger partial charge in [-0.2, -0.15) is 5.10 Å². The lowest BCUT2D eigenvalue weighted by Gasteiger charge is -2.17. The van der Waals surface area contributed by atoms with Gasteiger partial charge in [-0.3, -0.25) is 9.67 Å². The maximum atomic E-state index is 6.37. The van der Waals surface area contributed by atoms with E-state index in [1.165, 1.54) is 5.56 Å². The Morgan fingerprint density at radius 1 is 1.40 bits per heavy atom. The van der Waals surface area contributed by atoms with Crippen molar-refractivity contribution in [2.45, 2.75) is 39.3 Å². The first-order valence-electron chi connectivity index (χ1n) is 6.93. The fourth-order valence-corrected chi connectivity index (χ4v) is 2.59. The van der Waals surface area contributed by atoms with Crippen molar-refractivity contribution in [2.24, 2.45) is 0 Å². The van der Waals surface area contributed by atoms with Crippen LogP contribution >= 0.6 is 11.6 Å². The number of aromatic nitrogens is 3. The molecule has 0 radical (unpaired) electrons. The van der Waals surface area contributed by atoms with E-state index in [0.717, 1.165) is 35.8 Å². The summed E-state index contributed by atoms with van der Waals surface area (Å²) < 4.78 is 1.99. The van der Waals surface area contributed by atoms with Gasteiger partial charge in [-0.05, 0) is 38.9 Å². The third kappa shape index (κ3) is 3.38. The first-order chi connectivity index (χ1) is 9.65. The van der Waals surface area contributed by atoms with Gasteiger partial charge in [0.15, 0.2) is 0 Å². The molecule has 2 heterocycles. The number of nitrogens with zero attached hydrogens (tertiary/aromatic N) is 3. The maximum Gasteiger partial charge on any atom is 0.0847 e. The molecule has 2 aromatic rings. The van der Waals surface area contributed by atoms with E-state index in [2.05, 4.69) is 28.4 Å². The van der Waals surface area contributed by atoms with Crippen molar-refractivity contribution in [3.63, 3.8) is 0 Å². The van der Waals surface area contributed by atoms with Crippen LogP contribution in [0.25, 0.3) is 0 Å². The van der Waals surface area contributed by atoms with Crippen LogP contribution in [-0.4, -0.2) is 27.9 Å². The topological polar surface area (TPSA) is 42.7 Å². The smallest absolute Gasteiger partial charge is 0.0847 e. The molecule has 1 atom stereocenters. The van der Waals surface area contributed by atoms with E-state index in [0.29, 0.717) is 6.04 Å². The SMILES string of the molecule is CCn1nc(C)c(Cl)c1CC(Cc1cccnc1)NC. The summed E-state index contributed by atoms with van der Waals surface area (Å²) in [6.45, 7) is 4.88. The van der Waals surface area contributed by atoms with Crippen LogP contribution in [0, 0.1) is 6.92 Å². The van der Waals surface area contributed by atoms with Gasteiger partial charge in [0.1, 0.15) is 0 Å². The van der Waals surface area contributed by atoms with Gasteiger partial charge < -0.3 is 5.32 Å². The van der Waals surface area contributed by atoms with Crippen LogP contribution in [0.1, 0.15) is 23.9 Å². The molecule has 0 aromatic carbocycles. The highest BCUT2D eigenvalue weighted by Gasteiger charge is 2.17. The summed E-state index contributed by atoms with van der Waals surface area (Å²) in [5, 5.41) is 8.62. The number of halogens is 1. The summed E-state index contributed by atoms with van der Waals surface area (Å²) in [6, 6.07) is 4.38. The highest BCUT2D eigenvalue weighted by Crippen LogP contribution is 2.22. The van der Waals surface area contributed by atoms with Gasteiger partial charge in [-0.25, -0.2) is 0 Å². The van der Waals surface area contributed by atoms with Crippen LogP contribution in [-0.2, 0) is 19.4 Å². The van der Waals surface area contributed by atoms with Gasteiger partial charge in [-0.1, -0.05) is 17.7 Å². The summed E-state index contributed by atoms with van der Waals surface area (Å²) in [6.07, 6.45) is 5.49. The molecule has 5 heteroatoms. The minimum Gasteiger partial charge on any atom is -0.316 e. The first kappa shape index (κ1) is 15.0. The molecule has 0 aliphatic heterocycles. The average molecular weight is 293 g/mol. The Kier molecular flexibility index (Phi) is 5.15. The zero-order valence-electron chi connectivity index (χ0n) is 12.2. The van der Waals surface area contributed by atoms with E-state index in [9.17, 15) is 0 Å². The fraction of sp³-hybridized carbons (Fsp3) is 0.467. The Morgan fingerprint density at radius 2 is 2.20 bits per heavy atom. The number of likely N-dealkylation sites (N-methyl/N-ethyl adjacent to an activating group) is 1. The second kappa shape index (κ2) is 6.86. The van der Waals surface area contributed by atoms with Crippen LogP contribution in [0.5, 0.6) is 0 Å². The number of hydrogen-bond donors (Lipinski definition) is 1. The van der Waals surface area contributed by atoms with Gasteiger partial charge in [0.25, 0.3) is 0 Å². The van der Waals surface area contributed by atoms with Gasteiger partial charge >= 0.3 is 0 Å². The number of rotatable bonds is 6. The quantitative estimate of drug-likeness (QED) is 0.890. The van der Waals surface area contributed by atoms with E-state index < -0.39 is 0 Å². The maximum absolute atomic E-state index is 6.37. The Labute approximate surface area is 125 Å². The Hall–Kier alpha value is -1.39. The molecule has 0 saturated carbocycles. The predicted molar refractivity (Wildman–Crippen MR) is 82.1 cm³/mol. The van der Waals surface area contributed by atoms with Gasteiger partial charge in [0, 0.05) is 31.4 Å². The molecule has 2 rings (SSSR count). The Morgan fingerprint density at radius 3 is 2.80 bits per heavy atom. The minimum atomic E-state index is 0.318. The number of hydrogen-bond acceptors (Lipinski definition) is 3. The van der Waals surface area contributed by atoms with E-state index in [4.69, 9.17) is 11.6 Å². The molecule has 0 amide bonds. The van der Waals surface area contributed by atoms with E-state index in [1.807, 2.05) is 30.9 Å². The van der Waals surface area contributed by atoms with Crippen LogP contribution in [0.2, 0.25) is 5.02 Å². The highest BCUT2D eigenvalue weighted by molar-refractivity contribution is 6.31. The molecule has 2 aromatic heterocycles. The monoisotopic (exact) mass is 292 g/mol. The van der Waals surface area contributed by atoms with Gasteiger partial charge in [0.05, 0.1) is 16.4 Å². The van der Waals surface area contributed by atoms with Crippen LogP contribution in [0.4, 0.5) is 0 Å². The molecule has 0 aliphatic rings. The molecule has 0 saturated heterocycles. The lowest BCUT2D eigenvalue weighted by molar-refractivity contribution is 0.519. The average Bonchev–Trinajstić information content (AvgIpc) is 2.75. The predicted octanol–water partition coefficient (Wildman–Crippen LogP) is 2.63. The lowest BCUT2D eigenvalue weighted by atomic mass is 10.0. The number of pyridine rings is 1. The Balaban J connectivity index is 2.14. The van der Waals surface area contributed by atoms with E-state index in [1.54, 1.807) is 6.20 Å². The standard InChI is InChI=1S/C15H21ClN4/c1-4-20-14(15(16)11(2)19-20)9-13(17-3)8-12-6-5-7-18-10-12/h5-7,10,13,17H,4,8-9H2,1-3H3. The summed E-state index contributed by atoms with van der Waals surface area (Å²) in [7, 11) is 1.98. The summed E-state index contributed by atoms with van der Waals surface area (Å²) in [5.74, 6) is 0. The van der Waals surface area contributed by atoms with Crippen molar-refractivity contribution in [3.05, 3.63) is 46.5 Å². The zero-order chi connectivity index (χ0) is 14.5. The molecule has 4 nitrogen and oxygen atoms in total. The zero-order valence-corrected chi connectivity index (χ0v) is 13.0. The molecule has 1 N–H and O–H groups in total. The Bertz CT molecular complexity index is 551. The largest absolute Gasteiger partial charge is 0.316 e. The third-order valence-corrected chi connectivity index (χ3v) is 4.00. The molecule has 108 valence electrons. The molecular weight excluding hydrogens is 272 g/mol. The molecule has 0 bridgehead atoms. The normalized spacial score (nSPS) is 12.6. The second-order valence-electron chi connectivity index (χ2n) is 4.92. The molecular formula is C15H21ClN4. The summed E-state index contributed by atoms with van der Waals surface area (Å²) >= 11 is 6.37. The second-order valence-corrected chi connectivity index (χ2v) is 5.29. The minimum absolute atomic E-state index is 0.318. The fourth-order valence-electron chi connectivity index (χ4n) is 2.38. The van der Waals surface area contributed by atoms with Gasteiger partial charge in [0.2, 0.25) is 0 Å². The van der Waals surface area contributed by atoms with Crippen LogP contribution in [0.15, 0.2) is 24.5 Å². The molecule has 20 heavy (non-hydrogen) atoms. The van der Waals surface area contributed by atoms with Gasteiger partial charge in [-0.15, -0.1) is 0 Å². The molecule has 0 aliphatic carbocycles. The van der Waals surface area contributed by atoms with E-state index >= 15 is 0 Å². The first-order valence-corrected chi connectivity index (χ1v) is 7.31. The van der Waals surface area contributed by atoms with Crippen LogP contribution < -0.4 is 5.32 Å². The van der Waals surface area contributed by atoms with E-state index in [-0.39, 0.29) is 0 Å². The number of nitrogens with one attached hydrogen (secondary N) is 1. The summed E-state index contributed by atoms with van der Waals surface area (Å²) in [5.41, 5.74) is 3.23. The molecule has 1 unspecified atom stereocenters. The van der Waals surface area contributed by atoms with Crippen molar-refractivity contribution >= 4 is 11.6 Å².